The Bertz CT molecular complexity index is 285. The lowest BCUT2D eigenvalue weighted by molar-refractivity contribution is -0.122. The Morgan fingerprint density at radius 2 is 2.00 bits per heavy atom. The molecule has 112 valence electrons. The summed E-state index contributed by atoms with van der Waals surface area (Å²) in [5.41, 5.74) is 10.3. The Balaban J connectivity index is 2.25. The molecule has 0 aliphatic carbocycles. The third kappa shape index (κ3) is 5.09. The average Bonchev–Trinajstić information content (AvgIpc) is 2.38. The predicted molar refractivity (Wildman–Crippen MR) is 78.8 cm³/mol. The van der Waals surface area contributed by atoms with E-state index < -0.39 is 11.4 Å². The summed E-state index contributed by atoms with van der Waals surface area (Å²) in [4.78, 5) is 16.0. The summed E-state index contributed by atoms with van der Waals surface area (Å²) in [6.45, 7) is 8.46. The Hall–Kier alpha value is -0.650. The number of amides is 1. The van der Waals surface area contributed by atoms with Gasteiger partial charge in [-0.3, -0.25) is 4.79 Å². The predicted octanol–water partition coefficient (Wildman–Crippen LogP) is 0.385. The van der Waals surface area contributed by atoms with Crippen LogP contribution in [-0.4, -0.2) is 60.5 Å². The molecule has 0 spiro atoms. The maximum atomic E-state index is 11.1. The van der Waals surface area contributed by atoms with Gasteiger partial charge in [0.1, 0.15) is 0 Å². The van der Waals surface area contributed by atoms with Crippen LogP contribution in [0.5, 0.6) is 0 Å². The number of piperidine rings is 1. The highest BCUT2D eigenvalue weighted by molar-refractivity contribution is 5.83. The molecule has 0 bridgehead atoms. The van der Waals surface area contributed by atoms with Gasteiger partial charge >= 0.3 is 0 Å². The van der Waals surface area contributed by atoms with Crippen molar-refractivity contribution in [2.24, 2.45) is 11.5 Å². The average molecular weight is 270 g/mol. The highest BCUT2D eigenvalue weighted by Crippen LogP contribution is 2.16. The standard InChI is InChI=1S/C14H30N4O/c1-4-18-10-6-12(7-11-18)17(3)9-5-8-14(2,16)13(15)19/h12H,4-11,16H2,1-3H3,(H2,15,19). The zero-order chi connectivity index (χ0) is 14.5. The van der Waals surface area contributed by atoms with Crippen LogP contribution in [0.3, 0.4) is 0 Å². The highest BCUT2D eigenvalue weighted by atomic mass is 16.1. The summed E-state index contributed by atoms with van der Waals surface area (Å²) < 4.78 is 0. The monoisotopic (exact) mass is 270 g/mol. The van der Waals surface area contributed by atoms with Gasteiger partial charge in [-0.1, -0.05) is 6.92 Å². The normalized spacial score (nSPS) is 21.5. The van der Waals surface area contributed by atoms with Crippen molar-refractivity contribution in [3.05, 3.63) is 0 Å². The Kier molecular flexibility index (Phi) is 6.23. The van der Waals surface area contributed by atoms with Gasteiger partial charge in [-0.05, 0) is 65.8 Å². The van der Waals surface area contributed by atoms with Crippen LogP contribution >= 0.6 is 0 Å². The van der Waals surface area contributed by atoms with Crippen molar-refractivity contribution in [1.82, 2.24) is 9.80 Å². The first-order valence-corrected chi connectivity index (χ1v) is 7.38. The SMILES string of the molecule is CCN1CCC(N(C)CCCC(C)(N)C(N)=O)CC1. The van der Waals surface area contributed by atoms with E-state index in [1.54, 1.807) is 6.92 Å². The van der Waals surface area contributed by atoms with Crippen molar-refractivity contribution in [1.29, 1.82) is 0 Å². The van der Waals surface area contributed by atoms with Gasteiger partial charge in [0, 0.05) is 6.04 Å². The second-order valence-corrected chi connectivity index (χ2v) is 6.03. The van der Waals surface area contributed by atoms with E-state index in [9.17, 15) is 4.79 Å². The molecule has 1 amide bonds. The van der Waals surface area contributed by atoms with Crippen LogP contribution in [0.15, 0.2) is 0 Å². The highest BCUT2D eigenvalue weighted by Gasteiger charge is 2.26. The Labute approximate surface area is 117 Å². The van der Waals surface area contributed by atoms with E-state index in [2.05, 4.69) is 23.8 Å². The van der Waals surface area contributed by atoms with Crippen molar-refractivity contribution < 1.29 is 4.79 Å². The van der Waals surface area contributed by atoms with E-state index in [4.69, 9.17) is 11.5 Å². The molecule has 1 rings (SSSR count). The number of hydrogen-bond acceptors (Lipinski definition) is 4. The molecular weight excluding hydrogens is 240 g/mol. The summed E-state index contributed by atoms with van der Waals surface area (Å²) in [5.74, 6) is -0.411. The molecule has 0 aromatic carbocycles. The number of carbonyl (C=O) groups excluding carboxylic acids is 1. The van der Waals surface area contributed by atoms with Crippen molar-refractivity contribution >= 4 is 5.91 Å². The number of rotatable bonds is 7. The van der Waals surface area contributed by atoms with Crippen LogP contribution in [0.1, 0.15) is 39.5 Å². The molecule has 5 heteroatoms. The van der Waals surface area contributed by atoms with Gasteiger partial charge in [-0.25, -0.2) is 0 Å². The fourth-order valence-corrected chi connectivity index (χ4v) is 2.68. The first-order valence-electron chi connectivity index (χ1n) is 7.38. The molecule has 0 radical (unpaired) electrons. The molecular formula is C14H30N4O. The van der Waals surface area contributed by atoms with Crippen LogP contribution in [0, 0.1) is 0 Å². The molecule has 1 fully saturated rings. The third-order valence-corrected chi connectivity index (χ3v) is 4.40. The number of nitrogens with two attached hydrogens (primary N) is 2. The maximum absolute atomic E-state index is 11.1. The molecule has 1 unspecified atom stereocenters. The smallest absolute Gasteiger partial charge is 0.237 e. The first-order chi connectivity index (χ1) is 8.86. The topological polar surface area (TPSA) is 75.6 Å². The van der Waals surface area contributed by atoms with Gasteiger partial charge < -0.3 is 21.3 Å². The summed E-state index contributed by atoms with van der Waals surface area (Å²) >= 11 is 0. The van der Waals surface area contributed by atoms with E-state index in [0.717, 1.165) is 19.5 Å². The van der Waals surface area contributed by atoms with Crippen LogP contribution < -0.4 is 11.5 Å². The van der Waals surface area contributed by atoms with Gasteiger partial charge in [0.25, 0.3) is 0 Å². The second-order valence-electron chi connectivity index (χ2n) is 6.03. The molecule has 1 aliphatic rings. The molecule has 0 aromatic rings. The summed E-state index contributed by atoms with van der Waals surface area (Å²) in [6.07, 6.45) is 4.04. The second kappa shape index (κ2) is 7.22. The van der Waals surface area contributed by atoms with Crippen LogP contribution in [0.25, 0.3) is 0 Å². The third-order valence-electron chi connectivity index (χ3n) is 4.40. The maximum Gasteiger partial charge on any atom is 0.237 e. The summed E-state index contributed by atoms with van der Waals surface area (Å²) in [6, 6.07) is 0.667. The molecule has 0 saturated carbocycles. The summed E-state index contributed by atoms with van der Waals surface area (Å²) in [7, 11) is 2.17. The van der Waals surface area contributed by atoms with E-state index in [1.807, 2.05) is 0 Å². The quantitative estimate of drug-likeness (QED) is 0.701. The lowest BCUT2D eigenvalue weighted by Crippen LogP contribution is -2.50. The molecule has 1 atom stereocenters. The van der Waals surface area contributed by atoms with Crippen molar-refractivity contribution in [3.63, 3.8) is 0 Å². The molecule has 19 heavy (non-hydrogen) atoms. The van der Waals surface area contributed by atoms with Crippen LogP contribution in [0.2, 0.25) is 0 Å². The fourth-order valence-electron chi connectivity index (χ4n) is 2.68. The van der Waals surface area contributed by atoms with Gasteiger partial charge in [-0.2, -0.15) is 0 Å². The summed E-state index contributed by atoms with van der Waals surface area (Å²) in [5, 5.41) is 0. The van der Waals surface area contributed by atoms with Gasteiger partial charge in [-0.15, -0.1) is 0 Å². The van der Waals surface area contributed by atoms with E-state index in [-0.39, 0.29) is 0 Å². The first kappa shape index (κ1) is 16.4. The van der Waals surface area contributed by atoms with Crippen molar-refractivity contribution in [3.8, 4) is 0 Å². The zero-order valence-corrected chi connectivity index (χ0v) is 12.7. The van der Waals surface area contributed by atoms with Crippen LogP contribution in [-0.2, 0) is 4.79 Å². The molecule has 1 aliphatic heterocycles. The lowest BCUT2D eigenvalue weighted by Gasteiger charge is -2.36. The molecule has 1 heterocycles. The van der Waals surface area contributed by atoms with Gasteiger partial charge in [0.15, 0.2) is 0 Å². The molecule has 5 nitrogen and oxygen atoms in total. The minimum absolute atomic E-state index is 0.411. The number of primary amides is 1. The van der Waals surface area contributed by atoms with Crippen LogP contribution in [0.4, 0.5) is 0 Å². The van der Waals surface area contributed by atoms with Crippen molar-refractivity contribution in [2.45, 2.75) is 51.1 Å². The lowest BCUT2D eigenvalue weighted by atomic mass is 9.96. The molecule has 4 N–H and O–H groups in total. The number of likely N-dealkylation sites (tertiary alicyclic amines) is 1. The van der Waals surface area contributed by atoms with E-state index in [0.29, 0.717) is 12.5 Å². The molecule has 0 aromatic heterocycles. The minimum atomic E-state index is -0.869. The Morgan fingerprint density at radius 1 is 1.42 bits per heavy atom. The molecule has 1 saturated heterocycles. The Morgan fingerprint density at radius 3 is 2.47 bits per heavy atom. The zero-order valence-electron chi connectivity index (χ0n) is 12.7. The number of hydrogen-bond donors (Lipinski definition) is 2. The largest absolute Gasteiger partial charge is 0.368 e. The van der Waals surface area contributed by atoms with Gasteiger partial charge in [0.05, 0.1) is 5.54 Å². The minimum Gasteiger partial charge on any atom is -0.368 e. The number of carbonyl (C=O) groups is 1. The fraction of sp³-hybridized carbons (Fsp3) is 0.929. The van der Waals surface area contributed by atoms with Crippen molar-refractivity contribution in [2.75, 3.05) is 33.2 Å². The van der Waals surface area contributed by atoms with E-state index >= 15 is 0 Å². The van der Waals surface area contributed by atoms with E-state index in [1.165, 1.54) is 25.9 Å². The number of nitrogens with zero attached hydrogens (tertiary/aromatic N) is 2. The van der Waals surface area contributed by atoms with Gasteiger partial charge in [0.2, 0.25) is 5.91 Å².